The zero-order chi connectivity index (χ0) is 10.7. The summed E-state index contributed by atoms with van der Waals surface area (Å²) in [6.07, 6.45) is 1.17. The summed E-state index contributed by atoms with van der Waals surface area (Å²) in [6.45, 7) is 2.85. The van der Waals surface area contributed by atoms with Gasteiger partial charge in [-0.15, -0.1) is 0 Å². The van der Waals surface area contributed by atoms with Crippen LogP contribution in [0.5, 0.6) is 0 Å². The number of rotatable bonds is 3. The minimum atomic E-state index is 0.122. The highest BCUT2D eigenvalue weighted by atomic mass is 32.2. The van der Waals surface area contributed by atoms with Gasteiger partial charge in [-0.3, -0.25) is 0 Å². The molecule has 2 rings (SSSR count). The number of aryl methyl sites for hydroxylation is 1. The van der Waals surface area contributed by atoms with Gasteiger partial charge in [-0.05, 0) is 30.7 Å². The summed E-state index contributed by atoms with van der Waals surface area (Å²) in [5.41, 5.74) is 8.53. The van der Waals surface area contributed by atoms with Gasteiger partial charge in [-0.1, -0.05) is 18.2 Å². The average molecular weight is 222 g/mol. The second-order valence-corrected chi connectivity index (χ2v) is 5.33. The van der Waals surface area contributed by atoms with Gasteiger partial charge in [0.05, 0.1) is 5.54 Å². The summed E-state index contributed by atoms with van der Waals surface area (Å²) >= 11 is 1.99. The van der Waals surface area contributed by atoms with E-state index in [1.807, 2.05) is 11.8 Å². The van der Waals surface area contributed by atoms with E-state index < -0.39 is 0 Å². The SMILES string of the molecule is Cc1ccccc1NC1(CN)CCSC1. The van der Waals surface area contributed by atoms with Gasteiger partial charge in [0.2, 0.25) is 0 Å². The lowest BCUT2D eigenvalue weighted by atomic mass is 9.98. The molecule has 1 aromatic rings. The van der Waals surface area contributed by atoms with Crippen LogP contribution in [0.3, 0.4) is 0 Å². The highest BCUT2D eigenvalue weighted by molar-refractivity contribution is 7.99. The van der Waals surface area contributed by atoms with E-state index in [-0.39, 0.29) is 5.54 Å². The van der Waals surface area contributed by atoms with Crippen molar-refractivity contribution in [3.8, 4) is 0 Å². The summed E-state index contributed by atoms with van der Waals surface area (Å²) < 4.78 is 0. The summed E-state index contributed by atoms with van der Waals surface area (Å²) in [4.78, 5) is 0. The molecule has 2 nitrogen and oxygen atoms in total. The first kappa shape index (κ1) is 10.8. The summed E-state index contributed by atoms with van der Waals surface area (Å²) in [5, 5.41) is 3.63. The van der Waals surface area contributed by atoms with Crippen LogP contribution >= 0.6 is 11.8 Å². The number of hydrogen-bond donors (Lipinski definition) is 2. The minimum Gasteiger partial charge on any atom is -0.377 e. The number of para-hydroxylation sites is 1. The van der Waals surface area contributed by atoms with Crippen molar-refractivity contribution in [3.63, 3.8) is 0 Å². The normalized spacial score (nSPS) is 25.5. The Kier molecular flexibility index (Phi) is 3.22. The zero-order valence-corrected chi connectivity index (χ0v) is 9.94. The first-order valence-corrected chi connectivity index (χ1v) is 6.53. The van der Waals surface area contributed by atoms with Crippen molar-refractivity contribution in [1.29, 1.82) is 0 Å². The van der Waals surface area contributed by atoms with Crippen LogP contribution in [0, 0.1) is 6.92 Å². The van der Waals surface area contributed by atoms with Crippen molar-refractivity contribution >= 4 is 17.4 Å². The van der Waals surface area contributed by atoms with Crippen LogP contribution in [-0.4, -0.2) is 23.6 Å². The van der Waals surface area contributed by atoms with Crippen molar-refractivity contribution in [2.24, 2.45) is 5.73 Å². The Morgan fingerprint density at radius 2 is 2.27 bits per heavy atom. The Balaban J connectivity index is 2.16. The van der Waals surface area contributed by atoms with Crippen LogP contribution in [0.15, 0.2) is 24.3 Å². The van der Waals surface area contributed by atoms with Crippen LogP contribution in [0.1, 0.15) is 12.0 Å². The van der Waals surface area contributed by atoms with E-state index in [1.165, 1.54) is 23.4 Å². The van der Waals surface area contributed by atoms with Crippen LogP contribution < -0.4 is 11.1 Å². The number of benzene rings is 1. The molecular formula is C12H18N2S. The maximum Gasteiger partial charge on any atom is 0.0593 e. The molecule has 1 aliphatic rings. The van der Waals surface area contributed by atoms with E-state index >= 15 is 0 Å². The van der Waals surface area contributed by atoms with Gasteiger partial charge in [0.25, 0.3) is 0 Å². The molecule has 1 atom stereocenters. The fourth-order valence-electron chi connectivity index (χ4n) is 1.92. The van der Waals surface area contributed by atoms with Crippen molar-refractivity contribution in [2.45, 2.75) is 18.9 Å². The van der Waals surface area contributed by atoms with E-state index in [9.17, 15) is 0 Å². The molecule has 0 saturated carbocycles. The van der Waals surface area contributed by atoms with Gasteiger partial charge in [-0.25, -0.2) is 0 Å². The van der Waals surface area contributed by atoms with Crippen molar-refractivity contribution in [2.75, 3.05) is 23.4 Å². The Labute approximate surface area is 95.6 Å². The standard InChI is InChI=1S/C12H18N2S/c1-10-4-2-3-5-11(10)14-12(8-13)6-7-15-9-12/h2-5,14H,6-9,13H2,1H3. The van der Waals surface area contributed by atoms with Gasteiger partial charge < -0.3 is 11.1 Å². The summed E-state index contributed by atoms with van der Waals surface area (Å²) in [7, 11) is 0. The van der Waals surface area contributed by atoms with E-state index in [0.29, 0.717) is 6.54 Å². The minimum absolute atomic E-state index is 0.122. The van der Waals surface area contributed by atoms with Crippen LogP contribution in [0.4, 0.5) is 5.69 Å². The lowest BCUT2D eigenvalue weighted by molar-refractivity contribution is 0.537. The van der Waals surface area contributed by atoms with Gasteiger partial charge in [-0.2, -0.15) is 11.8 Å². The molecule has 0 aliphatic carbocycles. The first-order chi connectivity index (χ1) is 7.26. The third-order valence-corrected chi connectivity index (χ3v) is 4.29. The van der Waals surface area contributed by atoms with E-state index in [2.05, 4.69) is 36.5 Å². The molecule has 1 aromatic carbocycles. The zero-order valence-electron chi connectivity index (χ0n) is 9.12. The van der Waals surface area contributed by atoms with Gasteiger partial charge in [0.15, 0.2) is 0 Å². The van der Waals surface area contributed by atoms with Gasteiger partial charge >= 0.3 is 0 Å². The Bertz CT molecular complexity index is 332. The molecule has 3 N–H and O–H groups in total. The van der Waals surface area contributed by atoms with Gasteiger partial charge in [0, 0.05) is 18.0 Å². The smallest absolute Gasteiger partial charge is 0.0593 e. The van der Waals surface area contributed by atoms with E-state index in [0.717, 1.165) is 5.75 Å². The molecule has 1 saturated heterocycles. The van der Waals surface area contributed by atoms with Crippen LogP contribution in [0.25, 0.3) is 0 Å². The van der Waals surface area contributed by atoms with Crippen molar-refractivity contribution in [1.82, 2.24) is 0 Å². The molecule has 1 unspecified atom stereocenters. The first-order valence-electron chi connectivity index (χ1n) is 5.37. The number of nitrogens with two attached hydrogens (primary N) is 1. The lowest BCUT2D eigenvalue weighted by Crippen LogP contribution is -2.45. The fourth-order valence-corrected chi connectivity index (χ4v) is 3.32. The maximum atomic E-state index is 5.89. The lowest BCUT2D eigenvalue weighted by Gasteiger charge is -2.30. The predicted molar refractivity (Wildman–Crippen MR) is 68.5 cm³/mol. The maximum absolute atomic E-state index is 5.89. The fraction of sp³-hybridized carbons (Fsp3) is 0.500. The van der Waals surface area contributed by atoms with Crippen LogP contribution in [0.2, 0.25) is 0 Å². The topological polar surface area (TPSA) is 38.0 Å². The number of thioether (sulfide) groups is 1. The second kappa shape index (κ2) is 4.45. The van der Waals surface area contributed by atoms with Crippen molar-refractivity contribution < 1.29 is 0 Å². The molecule has 0 radical (unpaired) electrons. The molecule has 1 heterocycles. The van der Waals surface area contributed by atoms with E-state index in [4.69, 9.17) is 5.73 Å². The molecule has 0 amide bonds. The van der Waals surface area contributed by atoms with Crippen molar-refractivity contribution in [3.05, 3.63) is 29.8 Å². The Morgan fingerprint density at radius 3 is 2.87 bits per heavy atom. The third-order valence-electron chi connectivity index (χ3n) is 3.04. The largest absolute Gasteiger partial charge is 0.377 e. The third kappa shape index (κ3) is 2.29. The quantitative estimate of drug-likeness (QED) is 0.823. The number of nitrogens with one attached hydrogen (secondary N) is 1. The Hall–Kier alpha value is -0.670. The highest BCUT2D eigenvalue weighted by Crippen LogP contribution is 2.31. The monoisotopic (exact) mass is 222 g/mol. The summed E-state index contributed by atoms with van der Waals surface area (Å²) in [6, 6.07) is 8.41. The average Bonchev–Trinajstić information content (AvgIpc) is 2.71. The molecule has 0 spiro atoms. The number of hydrogen-bond acceptors (Lipinski definition) is 3. The molecule has 1 fully saturated rings. The van der Waals surface area contributed by atoms with E-state index in [1.54, 1.807) is 0 Å². The molecule has 82 valence electrons. The molecule has 1 aliphatic heterocycles. The summed E-state index contributed by atoms with van der Waals surface area (Å²) in [5.74, 6) is 2.34. The second-order valence-electron chi connectivity index (χ2n) is 4.23. The Morgan fingerprint density at radius 1 is 1.47 bits per heavy atom. The molecule has 15 heavy (non-hydrogen) atoms. The molecule has 0 aromatic heterocycles. The highest BCUT2D eigenvalue weighted by Gasteiger charge is 2.32. The number of anilines is 1. The van der Waals surface area contributed by atoms with Gasteiger partial charge in [0.1, 0.15) is 0 Å². The predicted octanol–water partition coefficient (Wildman–Crippen LogP) is 2.24. The molecular weight excluding hydrogens is 204 g/mol. The van der Waals surface area contributed by atoms with Crippen LogP contribution in [-0.2, 0) is 0 Å². The molecule has 3 heteroatoms. The molecule has 0 bridgehead atoms.